The van der Waals surface area contributed by atoms with Crippen molar-refractivity contribution >= 4 is 12.0 Å². The van der Waals surface area contributed by atoms with Crippen molar-refractivity contribution in [1.29, 1.82) is 0 Å². The highest BCUT2D eigenvalue weighted by atomic mass is 16.5. The van der Waals surface area contributed by atoms with Crippen LogP contribution in [0.25, 0.3) is 0 Å². The first-order valence-electron chi connectivity index (χ1n) is 5.55. The number of carboxylic acids is 1. The van der Waals surface area contributed by atoms with Crippen LogP contribution in [0.3, 0.4) is 0 Å². The van der Waals surface area contributed by atoms with E-state index in [-0.39, 0.29) is 6.10 Å². The molecule has 0 aromatic heterocycles. The van der Waals surface area contributed by atoms with Crippen molar-refractivity contribution in [1.82, 2.24) is 10.2 Å². The molecule has 0 saturated carbocycles. The van der Waals surface area contributed by atoms with E-state index in [1.54, 1.807) is 0 Å². The van der Waals surface area contributed by atoms with E-state index in [1.807, 2.05) is 6.92 Å². The number of amides is 2. The molecule has 98 valence electrons. The van der Waals surface area contributed by atoms with E-state index < -0.39 is 24.6 Å². The predicted octanol–water partition coefficient (Wildman–Crippen LogP) is -0.748. The van der Waals surface area contributed by atoms with Crippen LogP contribution in [-0.4, -0.2) is 65.6 Å². The number of rotatable bonds is 3. The standard InChI is InChI=1S/C10H18N2O5/c1-7-5-12(3-2-4-17-7)10(16)11-8(6-13)9(14)15/h7-8,13H,2-6H2,1H3,(H,11,16)(H,14,15)/t7?,8-/m1/s1. The molecule has 1 saturated heterocycles. The van der Waals surface area contributed by atoms with Gasteiger partial charge in [0.2, 0.25) is 0 Å². The van der Waals surface area contributed by atoms with Crippen LogP contribution in [0.1, 0.15) is 13.3 Å². The van der Waals surface area contributed by atoms with Crippen LogP contribution in [0.5, 0.6) is 0 Å². The van der Waals surface area contributed by atoms with Gasteiger partial charge < -0.3 is 25.2 Å². The second-order valence-corrected chi connectivity index (χ2v) is 4.00. The summed E-state index contributed by atoms with van der Waals surface area (Å²) in [6, 6.07) is -1.74. The first-order valence-corrected chi connectivity index (χ1v) is 5.55. The number of aliphatic hydroxyl groups excluding tert-OH is 1. The van der Waals surface area contributed by atoms with E-state index in [2.05, 4.69) is 5.32 Å². The van der Waals surface area contributed by atoms with Gasteiger partial charge in [0.1, 0.15) is 0 Å². The fraction of sp³-hybridized carbons (Fsp3) is 0.800. The van der Waals surface area contributed by atoms with Gasteiger partial charge >= 0.3 is 12.0 Å². The molecule has 1 aliphatic heterocycles. The van der Waals surface area contributed by atoms with E-state index in [4.69, 9.17) is 14.9 Å². The van der Waals surface area contributed by atoms with Crippen LogP contribution in [0.15, 0.2) is 0 Å². The molecule has 1 heterocycles. The van der Waals surface area contributed by atoms with E-state index in [9.17, 15) is 9.59 Å². The Morgan fingerprint density at radius 2 is 2.29 bits per heavy atom. The summed E-state index contributed by atoms with van der Waals surface area (Å²) >= 11 is 0. The van der Waals surface area contributed by atoms with Crippen molar-refractivity contribution in [2.75, 3.05) is 26.3 Å². The van der Waals surface area contributed by atoms with Gasteiger partial charge in [0.15, 0.2) is 6.04 Å². The molecule has 2 amide bonds. The summed E-state index contributed by atoms with van der Waals surface area (Å²) in [6.07, 6.45) is 0.648. The van der Waals surface area contributed by atoms with Gasteiger partial charge in [-0.3, -0.25) is 0 Å². The zero-order chi connectivity index (χ0) is 12.8. The Bertz CT molecular complexity index is 284. The third-order valence-corrected chi connectivity index (χ3v) is 2.52. The average molecular weight is 246 g/mol. The van der Waals surface area contributed by atoms with Crippen molar-refractivity contribution in [3.8, 4) is 0 Å². The monoisotopic (exact) mass is 246 g/mol. The van der Waals surface area contributed by atoms with Gasteiger partial charge in [0.05, 0.1) is 12.7 Å². The number of nitrogens with zero attached hydrogens (tertiary/aromatic N) is 1. The Morgan fingerprint density at radius 3 is 2.88 bits per heavy atom. The van der Waals surface area contributed by atoms with Gasteiger partial charge in [-0.1, -0.05) is 0 Å². The molecule has 0 aromatic rings. The van der Waals surface area contributed by atoms with Crippen LogP contribution in [0.2, 0.25) is 0 Å². The van der Waals surface area contributed by atoms with Crippen LogP contribution >= 0.6 is 0 Å². The molecular weight excluding hydrogens is 228 g/mol. The Morgan fingerprint density at radius 1 is 1.59 bits per heavy atom. The van der Waals surface area contributed by atoms with Crippen molar-refractivity contribution < 1.29 is 24.5 Å². The summed E-state index contributed by atoms with van der Waals surface area (Å²) in [5, 5.41) is 19.8. The summed E-state index contributed by atoms with van der Waals surface area (Å²) < 4.78 is 5.37. The van der Waals surface area contributed by atoms with Gasteiger partial charge in [-0.25, -0.2) is 9.59 Å². The Balaban J connectivity index is 2.53. The zero-order valence-electron chi connectivity index (χ0n) is 9.76. The highest BCUT2D eigenvalue weighted by Gasteiger charge is 2.24. The van der Waals surface area contributed by atoms with E-state index >= 15 is 0 Å². The number of hydrogen-bond donors (Lipinski definition) is 3. The lowest BCUT2D eigenvalue weighted by molar-refractivity contribution is -0.140. The fourth-order valence-electron chi connectivity index (χ4n) is 1.60. The van der Waals surface area contributed by atoms with Crippen LogP contribution in [-0.2, 0) is 9.53 Å². The van der Waals surface area contributed by atoms with Crippen LogP contribution in [0, 0.1) is 0 Å². The molecule has 0 spiro atoms. The van der Waals surface area contributed by atoms with Gasteiger partial charge in [0.25, 0.3) is 0 Å². The highest BCUT2D eigenvalue weighted by molar-refractivity contribution is 5.82. The molecule has 0 aromatic carbocycles. The Hall–Kier alpha value is -1.34. The first kappa shape index (κ1) is 13.7. The summed E-state index contributed by atoms with van der Waals surface area (Å²) in [4.78, 5) is 23.9. The third-order valence-electron chi connectivity index (χ3n) is 2.52. The average Bonchev–Trinajstić information content (AvgIpc) is 2.50. The Kier molecular flexibility index (Phi) is 5.17. The lowest BCUT2D eigenvalue weighted by Gasteiger charge is -2.24. The first-order chi connectivity index (χ1) is 8.04. The lowest BCUT2D eigenvalue weighted by atomic mass is 10.3. The summed E-state index contributed by atoms with van der Waals surface area (Å²) in [5.41, 5.74) is 0. The largest absolute Gasteiger partial charge is 0.480 e. The van der Waals surface area contributed by atoms with Crippen molar-refractivity contribution in [2.45, 2.75) is 25.5 Å². The number of aliphatic hydroxyl groups is 1. The van der Waals surface area contributed by atoms with Crippen LogP contribution < -0.4 is 5.32 Å². The molecule has 17 heavy (non-hydrogen) atoms. The predicted molar refractivity (Wildman–Crippen MR) is 58.6 cm³/mol. The normalized spacial score (nSPS) is 22.7. The summed E-state index contributed by atoms with van der Waals surface area (Å²) in [7, 11) is 0. The maximum atomic E-state index is 11.8. The number of carbonyl (C=O) groups is 2. The zero-order valence-corrected chi connectivity index (χ0v) is 9.76. The van der Waals surface area contributed by atoms with E-state index in [0.717, 1.165) is 0 Å². The topological polar surface area (TPSA) is 99.1 Å². The van der Waals surface area contributed by atoms with E-state index in [0.29, 0.717) is 26.1 Å². The number of hydrogen-bond acceptors (Lipinski definition) is 4. The minimum Gasteiger partial charge on any atom is -0.480 e. The molecule has 1 rings (SSSR count). The summed E-state index contributed by atoms with van der Waals surface area (Å²) in [6.45, 7) is 2.76. The molecule has 7 heteroatoms. The molecule has 0 radical (unpaired) electrons. The minimum atomic E-state index is -1.26. The molecule has 7 nitrogen and oxygen atoms in total. The Labute approximate surface area is 99.4 Å². The molecule has 3 N–H and O–H groups in total. The summed E-state index contributed by atoms with van der Waals surface area (Å²) in [5.74, 6) is -1.25. The van der Waals surface area contributed by atoms with E-state index in [1.165, 1.54) is 4.90 Å². The highest BCUT2D eigenvalue weighted by Crippen LogP contribution is 2.05. The third kappa shape index (κ3) is 4.20. The quantitative estimate of drug-likeness (QED) is 0.608. The van der Waals surface area contributed by atoms with Crippen LogP contribution in [0.4, 0.5) is 4.79 Å². The van der Waals surface area contributed by atoms with Gasteiger partial charge in [-0.2, -0.15) is 0 Å². The fourth-order valence-corrected chi connectivity index (χ4v) is 1.60. The maximum Gasteiger partial charge on any atom is 0.328 e. The number of nitrogens with one attached hydrogen (secondary N) is 1. The second-order valence-electron chi connectivity index (χ2n) is 4.00. The minimum absolute atomic E-state index is 0.0688. The molecular formula is C10H18N2O5. The number of urea groups is 1. The van der Waals surface area contributed by atoms with Crippen molar-refractivity contribution in [2.24, 2.45) is 0 Å². The number of ether oxygens (including phenoxy) is 1. The van der Waals surface area contributed by atoms with Crippen molar-refractivity contribution in [3.63, 3.8) is 0 Å². The smallest absolute Gasteiger partial charge is 0.328 e. The van der Waals surface area contributed by atoms with Gasteiger partial charge in [-0.05, 0) is 13.3 Å². The number of carbonyl (C=O) groups excluding carboxylic acids is 1. The van der Waals surface area contributed by atoms with Gasteiger partial charge in [-0.15, -0.1) is 0 Å². The number of carboxylic acid groups (broad SMARTS) is 1. The maximum absolute atomic E-state index is 11.8. The molecule has 1 fully saturated rings. The SMILES string of the molecule is CC1CN(C(=O)N[C@H](CO)C(=O)O)CCCO1. The molecule has 1 aliphatic rings. The number of aliphatic carboxylic acids is 1. The molecule has 0 aliphatic carbocycles. The molecule has 1 unspecified atom stereocenters. The van der Waals surface area contributed by atoms with Gasteiger partial charge in [0, 0.05) is 19.7 Å². The lowest BCUT2D eigenvalue weighted by Crippen LogP contribution is -2.50. The molecule has 0 bridgehead atoms. The molecule has 2 atom stereocenters. The second kappa shape index (κ2) is 6.41. The van der Waals surface area contributed by atoms with Crippen molar-refractivity contribution in [3.05, 3.63) is 0 Å².